The third kappa shape index (κ3) is 8.30. The van der Waals surface area contributed by atoms with E-state index in [1.165, 1.54) is 0 Å². The molecule has 1 aromatic carbocycles. The Morgan fingerprint density at radius 1 is 0.900 bits per heavy atom. The normalized spacial score (nSPS) is 18.9. The largest absolute Gasteiger partial charge is 0.484 e. The first-order valence-electron chi connectivity index (χ1n) is 17.8. The van der Waals surface area contributed by atoms with Crippen LogP contribution >= 0.6 is 0 Å². The van der Waals surface area contributed by atoms with Gasteiger partial charge < -0.3 is 19.9 Å². The summed E-state index contributed by atoms with van der Waals surface area (Å²) in [5, 5.41) is 14.8. The van der Waals surface area contributed by atoms with Crippen molar-refractivity contribution in [2.24, 2.45) is 0 Å². The molecule has 0 saturated carbocycles. The van der Waals surface area contributed by atoms with Gasteiger partial charge in [-0.2, -0.15) is 0 Å². The molecule has 4 heterocycles. The number of likely N-dealkylation sites (N-methyl/N-ethyl adjacent to an activating group) is 1. The third-order valence-electron chi connectivity index (χ3n) is 9.53. The maximum atomic E-state index is 13.5. The Labute approximate surface area is 295 Å². The molecule has 0 spiro atoms. The minimum Gasteiger partial charge on any atom is -0.484 e. The first-order valence-corrected chi connectivity index (χ1v) is 17.8. The third-order valence-corrected chi connectivity index (χ3v) is 9.53. The van der Waals surface area contributed by atoms with E-state index in [0.29, 0.717) is 30.8 Å². The predicted molar refractivity (Wildman–Crippen MR) is 194 cm³/mol. The molecule has 50 heavy (non-hydrogen) atoms. The van der Waals surface area contributed by atoms with Crippen molar-refractivity contribution in [1.29, 1.82) is 0 Å². The molecule has 1 aliphatic carbocycles. The number of urea groups is 1. The van der Waals surface area contributed by atoms with Gasteiger partial charge in [0.05, 0.1) is 17.9 Å². The van der Waals surface area contributed by atoms with Gasteiger partial charge in [0.15, 0.2) is 17.3 Å². The van der Waals surface area contributed by atoms with Crippen molar-refractivity contribution in [3.8, 4) is 5.75 Å². The first kappa shape index (κ1) is 35.4. The molecule has 2 N–H and O–H groups in total. The van der Waals surface area contributed by atoms with E-state index in [4.69, 9.17) is 4.74 Å². The van der Waals surface area contributed by atoms with E-state index in [1.54, 1.807) is 6.07 Å². The Balaban J connectivity index is 1.12. The maximum Gasteiger partial charge on any atom is 0.320 e. The summed E-state index contributed by atoms with van der Waals surface area (Å²) < 4.78 is 8.56. The number of hydrogen-bond donors (Lipinski definition) is 2. The van der Waals surface area contributed by atoms with Gasteiger partial charge in [0.2, 0.25) is 0 Å². The number of fused-ring (bicyclic) bond motifs is 2. The smallest absolute Gasteiger partial charge is 0.320 e. The second-order valence-corrected chi connectivity index (χ2v) is 15.7. The number of amides is 2. The number of ether oxygens (including phenoxy) is 1. The Kier molecular flexibility index (Phi) is 10.2. The van der Waals surface area contributed by atoms with Crippen LogP contribution in [0.1, 0.15) is 113 Å². The number of anilines is 1. The zero-order valence-electron chi connectivity index (χ0n) is 30.5. The number of piperazine rings is 1. The Morgan fingerprint density at radius 3 is 2.36 bits per heavy atom. The van der Waals surface area contributed by atoms with Gasteiger partial charge in [-0.3, -0.25) is 14.5 Å². The van der Waals surface area contributed by atoms with Gasteiger partial charge in [-0.1, -0.05) is 65.8 Å². The van der Waals surface area contributed by atoms with E-state index in [9.17, 15) is 9.59 Å². The lowest BCUT2D eigenvalue weighted by molar-refractivity contribution is 0.0956. The molecular weight excluding hydrogens is 630 g/mol. The van der Waals surface area contributed by atoms with E-state index in [0.717, 1.165) is 67.5 Å². The molecule has 2 amide bonds. The number of carbonyl (C=O) groups excluding carboxylic acids is 2. The minimum atomic E-state index is -0.385. The molecule has 1 saturated heterocycles. The van der Waals surface area contributed by atoms with Crippen molar-refractivity contribution in [2.75, 3.05) is 45.1 Å². The summed E-state index contributed by atoms with van der Waals surface area (Å²) in [6, 6.07) is 13.1. The van der Waals surface area contributed by atoms with E-state index in [2.05, 4.69) is 74.5 Å². The monoisotopic (exact) mass is 681 g/mol. The molecule has 1 aliphatic heterocycles. The fourth-order valence-electron chi connectivity index (χ4n) is 6.62. The van der Waals surface area contributed by atoms with E-state index < -0.39 is 0 Å². The SMILES string of the molecule is CN1CCN(CCCC(=O)c2nc(NC(=O)N[C@H]3CC[C@@H](Oc4ccc5nnc(C(C)(C)C)n5c4)c4ccccc43)cc(C(C)(C)C)n2)CC1. The molecule has 12 nitrogen and oxygen atoms in total. The fraction of sp³-hybridized carbons (Fsp3) is 0.526. The molecule has 1 fully saturated rings. The number of hydrogen-bond acceptors (Lipinski definition) is 9. The van der Waals surface area contributed by atoms with Crippen molar-refractivity contribution in [1.82, 2.24) is 39.7 Å². The molecular formula is C38H51N9O3. The second-order valence-electron chi connectivity index (χ2n) is 15.7. The number of pyridine rings is 1. The molecule has 2 atom stereocenters. The topological polar surface area (TPSA) is 130 Å². The van der Waals surface area contributed by atoms with Crippen LogP contribution in [-0.4, -0.2) is 86.0 Å². The van der Waals surface area contributed by atoms with Crippen LogP contribution in [0.25, 0.3) is 5.65 Å². The number of nitrogens with one attached hydrogen (secondary N) is 2. The summed E-state index contributed by atoms with van der Waals surface area (Å²) in [6.45, 7) is 17.4. The summed E-state index contributed by atoms with van der Waals surface area (Å²) in [7, 11) is 2.14. The van der Waals surface area contributed by atoms with Crippen LogP contribution in [-0.2, 0) is 10.8 Å². The van der Waals surface area contributed by atoms with E-state index in [-0.39, 0.29) is 40.6 Å². The molecule has 0 bridgehead atoms. The van der Waals surface area contributed by atoms with Crippen molar-refractivity contribution in [3.05, 3.63) is 77.1 Å². The minimum absolute atomic E-state index is 0.112. The van der Waals surface area contributed by atoms with Crippen molar-refractivity contribution < 1.29 is 14.3 Å². The summed E-state index contributed by atoms with van der Waals surface area (Å²) in [5.74, 6) is 1.95. The second kappa shape index (κ2) is 14.4. The van der Waals surface area contributed by atoms with E-state index in [1.807, 2.05) is 61.7 Å². The molecule has 4 aromatic rings. The van der Waals surface area contributed by atoms with Crippen LogP contribution in [0, 0.1) is 0 Å². The standard InChI is InChI=1S/C38H51N9O3/c1-37(2,3)31-23-32(41-34(40-31)29(48)13-10-18-46-21-19-45(7)20-22-46)42-36(49)39-28-15-16-30(27-12-9-8-11-26(27)28)50-25-14-17-33-43-44-35(38(4,5)6)47(33)24-25/h8-9,11-12,14,17,23-24,28,30H,10,13,15-16,18-22H2,1-7H3,(H2,39,40,41,42,49)/t28-,30+/m0/s1. The van der Waals surface area contributed by atoms with Crippen molar-refractivity contribution >= 4 is 23.3 Å². The van der Waals surface area contributed by atoms with Crippen LogP contribution < -0.4 is 15.4 Å². The van der Waals surface area contributed by atoms with Crippen LogP contribution in [0.2, 0.25) is 0 Å². The lowest BCUT2D eigenvalue weighted by Gasteiger charge is -2.32. The van der Waals surface area contributed by atoms with Crippen LogP contribution in [0.3, 0.4) is 0 Å². The molecule has 0 unspecified atom stereocenters. The van der Waals surface area contributed by atoms with Gasteiger partial charge in [0.25, 0.3) is 0 Å². The highest BCUT2D eigenvalue weighted by molar-refractivity contribution is 5.94. The highest BCUT2D eigenvalue weighted by atomic mass is 16.5. The number of ketones is 1. The zero-order valence-corrected chi connectivity index (χ0v) is 30.5. The highest BCUT2D eigenvalue weighted by Gasteiger charge is 2.30. The van der Waals surface area contributed by atoms with Gasteiger partial charge in [-0.15, -0.1) is 10.2 Å². The van der Waals surface area contributed by atoms with Gasteiger partial charge in [0, 0.05) is 49.5 Å². The Hall–Kier alpha value is -4.42. The highest BCUT2D eigenvalue weighted by Crippen LogP contribution is 2.39. The maximum absolute atomic E-state index is 13.5. The van der Waals surface area contributed by atoms with E-state index >= 15 is 0 Å². The Morgan fingerprint density at radius 2 is 1.64 bits per heavy atom. The van der Waals surface area contributed by atoms with Crippen LogP contribution in [0.4, 0.5) is 10.6 Å². The molecule has 266 valence electrons. The number of Topliss-reactive ketones (excluding diaryl/α,β-unsaturated/α-hetero) is 1. The molecule has 0 radical (unpaired) electrons. The summed E-state index contributed by atoms with van der Waals surface area (Å²) >= 11 is 0. The van der Waals surface area contributed by atoms with Gasteiger partial charge >= 0.3 is 6.03 Å². The fourth-order valence-corrected chi connectivity index (χ4v) is 6.62. The lowest BCUT2D eigenvalue weighted by Crippen LogP contribution is -2.44. The number of carbonyl (C=O) groups is 2. The summed E-state index contributed by atoms with van der Waals surface area (Å²) in [6.07, 6.45) is 4.28. The average Bonchev–Trinajstić information content (AvgIpc) is 3.50. The number of benzene rings is 1. The number of rotatable bonds is 9. The summed E-state index contributed by atoms with van der Waals surface area (Å²) in [4.78, 5) is 40.6. The molecule has 12 heteroatoms. The van der Waals surface area contributed by atoms with Crippen LogP contribution in [0.15, 0.2) is 48.7 Å². The lowest BCUT2D eigenvalue weighted by atomic mass is 9.85. The summed E-state index contributed by atoms with van der Waals surface area (Å²) in [5.41, 5.74) is 3.01. The van der Waals surface area contributed by atoms with Gasteiger partial charge in [-0.05, 0) is 56.1 Å². The zero-order chi connectivity index (χ0) is 35.6. The first-order chi connectivity index (χ1) is 23.7. The molecule has 3 aromatic heterocycles. The van der Waals surface area contributed by atoms with Crippen molar-refractivity contribution in [3.63, 3.8) is 0 Å². The number of aromatic nitrogens is 5. The van der Waals surface area contributed by atoms with Gasteiger partial charge in [0.1, 0.15) is 23.5 Å². The predicted octanol–water partition coefficient (Wildman–Crippen LogP) is 6.10. The average molecular weight is 682 g/mol. The molecule has 6 rings (SSSR count). The van der Waals surface area contributed by atoms with Gasteiger partial charge in [-0.25, -0.2) is 14.8 Å². The van der Waals surface area contributed by atoms with Crippen molar-refractivity contribution in [2.45, 2.75) is 90.2 Å². The Bertz CT molecular complexity index is 1830. The number of nitrogens with zero attached hydrogens (tertiary/aromatic N) is 7. The van der Waals surface area contributed by atoms with Crippen LogP contribution in [0.5, 0.6) is 5.75 Å². The molecule has 2 aliphatic rings. The quantitative estimate of drug-likeness (QED) is 0.201.